The van der Waals surface area contributed by atoms with E-state index in [9.17, 15) is 0 Å². The number of hydrogen-bond acceptors (Lipinski definition) is 3. The molecule has 0 aromatic carbocycles. The van der Waals surface area contributed by atoms with Crippen LogP contribution < -0.4 is 5.46 Å². The molecule has 0 atom stereocenters. The molecule has 1 saturated heterocycles. The van der Waals surface area contributed by atoms with Crippen LogP contribution in [0.15, 0.2) is 6.20 Å². The number of rotatable bonds is 3. The molecule has 1 aliphatic heterocycles. The smallest absolute Gasteiger partial charge is 0.399 e. The highest BCUT2D eigenvalue weighted by molar-refractivity contribution is 6.62. The van der Waals surface area contributed by atoms with Crippen LogP contribution in [-0.4, -0.2) is 28.1 Å². The lowest BCUT2D eigenvalue weighted by atomic mass is 9.75. The van der Waals surface area contributed by atoms with E-state index in [4.69, 9.17) is 21.0 Å². The molecule has 0 spiro atoms. The first-order chi connectivity index (χ1) is 10.6. The summed E-state index contributed by atoms with van der Waals surface area (Å²) in [5, 5.41) is 4.76. The fraction of sp³-hybridized carbons (Fsp3) is 0.765. The zero-order valence-corrected chi connectivity index (χ0v) is 15.0. The van der Waals surface area contributed by atoms with Crippen LogP contribution in [-0.2, 0) is 14.8 Å². The number of nitrogens with zero attached hydrogens (tertiary/aromatic N) is 3. The second-order valence-corrected chi connectivity index (χ2v) is 8.26. The summed E-state index contributed by atoms with van der Waals surface area (Å²) < 4.78 is 14.4. The Morgan fingerprint density at radius 3 is 2.26 bits per heavy atom. The van der Waals surface area contributed by atoms with Crippen molar-refractivity contribution in [2.24, 2.45) is 0 Å². The van der Waals surface area contributed by atoms with Crippen LogP contribution in [0, 0.1) is 6.57 Å². The average Bonchev–Trinajstić information content (AvgIpc) is 2.88. The van der Waals surface area contributed by atoms with Gasteiger partial charge in [-0.1, -0.05) is 0 Å². The van der Waals surface area contributed by atoms with Crippen LogP contribution in [0.25, 0.3) is 4.85 Å². The third-order valence-electron chi connectivity index (χ3n) is 5.58. The second-order valence-electron chi connectivity index (χ2n) is 8.26. The highest BCUT2D eigenvalue weighted by Gasteiger charge is 2.54. The molecule has 2 heterocycles. The topological polar surface area (TPSA) is 40.6 Å². The van der Waals surface area contributed by atoms with Crippen molar-refractivity contribution in [3.8, 4) is 0 Å². The Labute approximate surface area is 139 Å². The monoisotopic (exact) mass is 315 g/mol. The Morgan fingerprint density at radius 1 is 1.26 bits per heavy atom. The van der Waals surface area contributed by atoms with Crippen LogP contribution >= 0.6 is 0 Å². The summed E-state index contributed by atoms with van der Waals surface area (Å²) in [5.74, 6) is 0. The van der Waals surface area contributed by atoms with E-state index in [1.54, 1.807) is 0 Å². The van der Waals surface area contributed by atoms with E-state index in [0.717, 1.165) is 24.0 Å². The largest absolute Gasteiger partial charge is 0.498 e. The van der Waals surface area contributed by atoms with E-state index in [2.05, 4.69) is 4.85 Å². The van der Waals surface area contributed by atoms with Gasteiger partial charge in [-0.25, -0.2) is 6.57 Å². The van der Waals surface area contributed by atoms with Gasteiger partial charge in [0.05, 0.1) is 17.2 Å². The Kier molecular flexibility index (Phi) is 3.66. The van der Waals surface area contributed by atoms with Crippen molar-refractivity contribution in [2.75, 3.05) is 0 Å². The van der Waals surface area contributed by atoms with Gasteiger partial charge in [-0.2, -0.15) is 5.10 Å². The first-order valence-electron chi connectivity index (χ1n) is 8.41. The third-order valence-corrected chi connectivity index (χ3v) is 5.58. The van der Waals surface area contributed by atoms with E-state index in [0.29, 0.717) is 6.04 Å². The van der Waals surface area contributed by atoms with E-state index >= 15 is 0 Å². The molecule has 124 valence electrons. The second kappa shape index (κ2) is 5.09. The first kappa shape index (κ1) is 16.5. The van der Waals surface area contributed by atoms with Gasteiger partial charge in [-0.05, 0) is 47.0 Å². The van der Waals surface area contributed by atoms with Crippen molar-refractivity contribution in [2.45, 2.75) is 83.6 Å². The number of hydrogen-bond donors (Lipinski definition) is 0. The maximum absolute atomic E-state index is 7.54. The minimum Gasteiger partial charge on any atom is -0.399 e. The summed E-state index contributed by atoms with van der Waals surface area (Å²) >= 11 is 0. The van der Waals surface area contributed by atoms with Gasteiger partial charge in [0.1, 0.15) is 5.69 Å². The van der Waals surface area contributed by atoms with Crippen LogP contribution in [0.4, 0.5) is 0 Å². The van der Waals surface area contributed by atoms with Gasteiger partial charge >= 0.3 is 7.12 Å². The van der Waals surface area contributed by atoms with Crippen molar-refractivity contribution in [3.05, 3.63) is 23.3 Å². The molecule has 1 saturated carbocycles. The van der Waals surface area contributed by atoms with Gasteiger partial charge in [0, 0.05) is 25.5 Å². The Hall–Kier alpha value is -1.32. The highest BCUT2D eigenvalue weighted by Crippen LogP contribution is 2.38. The van der Waals surface area contributed by atoms with Crippen molar-refractivity contribution in [3.63, 3.8) is 0 Å². The van der Waals surface area contributed by atoms with Crippen molar-refractivity contribution in [1.82, 2.24) is 9.78 Å². The molecule has 1 aliphatic carbocycles. The molecule has 2 aliphatic rings. The normalized spacial score (nSPS) is 23.6. The maximum Gasteiger partial charge on any atom is 0.498 e. The minimum atomic E-state index is -0.687. The lowest BCUT2D eigenvalue weighted by Crippen LogP contribution is -2.41. The lowest BCUT2D eigenvalue weighted by Gasteiger charge is -2.32. The summed E-state index contributed by atoms with van der Waals surface area (Å²) in [6.07, 6.45) is 5.59. The summed E-state index contributed by atoms with van der Waals surface area (Å²) in [6.45, 7) is 19.5. The molecule has 0 amide bonds. The predicted octanol–water partition coefficient (Wildman–Crippen LogP) is 3.06. The molecule has 1 aromatic heterocycles. The van der Waals surface area contributed by atoms with Crippen molar-refractivity contribution in [1.29, 1.82) is 0 Å². The Morgan fingerprint density at radius 2 is 1.83 bits per heavy atom. The summed E-state index contributed by atoms with van der Waals surface area (Å²) in [6, 6.07) is 0.450. The predicted molar refractivity (Wildman–Crippen MR) is 90.5 cm³/mol. The van der Waals surface area contributed by atoms with Crippen LogP contribution in [0.2, 0.25) is 0 Å². The lowest BCUT2D eigenvalue weighted by molar-refractivity contribution is 0.00578. The Balaban J connectivity index is 2.01. The molecule has 6 heteroatoms. The summed E-state index contributed by atoms with van der Waals surface area (Å²) in [5.41, 5.74) is 0.203. The maximum atomic E-state index is 7.54. The molecule has 2 fully saturated rings. The van der Waals surface area contributed by atoms with Gasteiger partial charge in [0.15, 0.2) is 0 Å². The van der Waals surface area contributed by atoms with Crippen LogP contribution in [0.3, 0.4) is 0 Å². The zero-order valence-electron chi connectivity index (χ0n) is 15.0. The molecular weight excluding hydrogens is 289 g/mol. The zero-order chi connectivity index (χ0) is 17.0. The molecular formula is C17H26BN3O2. The minimum absolute atomic E-state index is 0.393. The third kappa shape index (κ3) is 2.60. The number of aromatic nitrogens is 2. The first-order valence-corrected chi connectivity index (χ1v) is 8.41. The van der Waals surface area contributed by atoms with Crippen LogP contribution in [0.5, 0.6) is 0 Å². The SMILES string of the molecule is [C-]#[N+]C(C)(C)c1nn(C2CCC2)cc1B1OC(C)(C)C(C)(C)O1. The van der Waals surface area contributed by atoms with E-state index in [1.165, 1.54) is 6.42 Å². The van der Waals surface area contributed by atoms with Gasteiger partial charge in [0.25, 0.3) is 5.54 Å². The van der Waals surface area contributed by atoms with Crippen molar-refractivity contribution < 1.29 is 9.31 Å². The summed E-state index contributed by atoms with van der Waals surface area (Å²) in [4.78, 5) is 3.77. The van der Waals surface area contributed by atoms with Gasteiger partial charge in [-0.15, -0.1) is 0 Å². The van der Waals surface area contributed by atoms with Gasteiger partial charge < -0.3 is 14.2 Å². The van der Waals surface area contributed by atoms with Gasteiger partial charge in [0.2, 0.25) is 0 Å². The van der Waals surface area contributed by atoms with Crippen LogP contribution in [0.1, 0.15) is 72.5 Å². The summed E-state index contributed by atoms with van der Waals surface area (Å²) in [7, 11) is -0.468. The molecule has 0 radical (unpaired) electrons. The van der Waals surface area contributed by atoms with Gasteiger partial charge in [-0.3, -0.25) is 4.68 Å². The average molecular weight is 315 g/mol. The molecule has 3 rings (SSSR count). The fourth-order valence-electron chi connectivity index (χ4n) is 2.92. The van der Waals surface area contributed by atoms with E-state index in [1.807, 2.05) is 52.4 Å². The van der Waals surface area contributed by atoms with Crippen molar-refractivity contribution >= 4 is 12.6 Å². The standard InChI is InChI=1S/C17H26BN3O2/c1-15(2,19-7)14-13(11-21(20-14)12-9-8-10-12)18-22-16(3,4)17(5,6)23-18/h11-12H,8-10H2,1-6H3. The molecule has 5 nitrogen and oxygen atoms in total. The van der Waals surface area contributed by atoms with E-state index < -0.39 is 23.9 Å². The molecule has 0 bridgehead atoms. The molecule has 0 N–H and O–H groups in total. The highest BCUT2D eigenvalue weighted by atomic mass is 16.7. The fourth-order valence-corrected chi connectivity index (χ4v) is 2.92. The quantitative estimate of drug-likeness (QED) is 0.636. The van der Waals surface area contributed by atoms with E-state index in [-0.39, 0.29) is 0 Å². The Bertz CT molecular complexity index is 637. The molecule has 23 heavy (non-hydrogen) atoms. The molecule has 0 unspecified atom stereocenters. The molecule has 1 aromatic rings.